The number of carbonyl (C=O) groups is 1. The van der Waals surface area contributed by atoms with Gasteiger partial charge in [-0.25, -0.2) is 0 Å². The van der Waals surface area contributed by atoms with Crippen LogP contribution in [0, 0.1) is 5.92 Å². The van der Waals surface area contributed by atoms with Gasteiger partial charge >= 0.3 is 0 Å². The van der Waals surface area contributed by atoms with Crippen molar-refractivity contribution < 1.29 is 4.79 Å². The first-order valence-electron chi connectivity index (χ1n) is 5.17. The van der Waals surface area contributed by atoms with E-state index in [1.54, 1.807) is 6.92 Å². The fourth-order valence-corrected chi connectivity index (χ4v) is 1.94. The fourth-order valence-electron chi connectivity index (χ4n) is 1.73. The largest absolute Gasteiger partial charge is 0.340 e. The summed E-state index contributed by atoms with van der Waals surface area (Å²) < 4.78 is 0. The van der Waals surface area contributed by atoms with Gasteiger partial charge in [0.05, 0.1) is 0 Å². The van der Waals surface area contributed by atoms with E-state index in [2.05, 4.69) is 27.8 Å². The minimum Gasteiger partial charge on any atom is -0.340 e. The predicted molar refractivity (Wildman–Crippen MR) is 61.7 cm³/mol. The van der Waals surface area contributed by atoms with Gasteiger partial charge in [-0.15, -0.1) is 0 Å². The molecule has 1 aliphatic heterocycles. The van der Waals surface area contributed by atoms with Gasteiger partial charge in [-0.1, -0.05) is 22.9 Å². The summed E-state index contributed by atoms with van der Waals surface area (Å²) in [6, 6.07) is 0. The molecule has 1 amide bonds. The molecule has 1 unspecified atom stereocenters. The smallest absolute Gasteiger partial charge is 0.219 e. The molecule has 1 heterocycles. The van der Waals surface area contributed by atoms with Crippen LogP contribution in [0.3, 0.4) is 0 Å². The Morgan fingerprint density at radius 2 is 1.93 bits per heavy atom. The quantitative estimate of drug-likeness (QED) is 0.714. The van der Waals surface area contributed by atoms with Gasteiger partial charge in [0.1, 0.15) is 0 Å². The number of amides is 1. The maximum atomic E-state index is 11.1. The minimum absolute atomic E-state index is 0.207. The van der Waals surface area contributed by atoms with E-state index in [1.165, 1.54) is 0 Å². The van der Waals surface area contributed by atoms with E-state index < -0.39 is 0 Å². The lowest BCUT2D eigenvalue weighted by molar-refractivity contribution is -0.130. The molecule has 0 aromatic carbocycles. The summed E-state index contributed by atoms with van der Waals surface area (Å²) in [6.45, 7) is 8.86. The number of hydrogen-bond donors (Lipinski definition) is 0. The van der Waals surface area contributed by atoms with Gasteiger partial charge in [0.25, 0.3) is 0 Å². The summed E-state index contributed by atoms with van der Waals surface area (Å²) in [5, 5.41) is 1.06. The Labute approximate surface area is 94.6 Å². The van der Waals surface area contributed by atoms with Gasteiger partial charge < -0.3 is 4.90 Å². The van der Waals surface area contributed by atoms with Crippen LogP contribution in [0.25, 0.3) is 0 Å². The van der Waals surface area contributed by atoms with E-state index >= 15 is 0 Å². The van der Waals surface area contributed by atoms with Crippen molar-refractivity contribution in [2.75, 3.05) is 38.1 Å². The summed E-state index contributed by atoms with van der Waals surface area (Å²) >= 11 is 3.49. The van der Waals surface area contributed by atoms with E-state index in [0.717, 1.165) is 38.1 Å². The van der Waals surface area contributed by atoms with Crippen LogP contribution < -0.4 is 0 Å². The Hall–Kier alpha value is -0.0900. The van der Waals surface area contributed by atoms with Crippen molar-refractivity contribution in [3.63, 3.8) is 0 Å². The second kappa shape index (κ2) is 5.71. The normalized spacial score (nSPS) is 20.9. The highest BCUT2D eigenvalue weighted by molar-refractivity contribution is 9.09. The third-order valence-electron chi connectivity index (χ3n) is 2.65. The highest BCUT2D eigenvalue weighted by Crippen LogP contribution is 2.07. The molecule has 1 saturated heterocycles. The van der Waals surface area contributed by atoms with Crippen molar-refractivity contribution in [1.29, 1.82) is 0 Å². The van der Waals surface area contributed by atoms with Crippen LogP contribution in [0.4, 0.5) is 0 Å². The first-order valence-corrected chi connectivity index (χ1v) is 6.29. The van der Waals surface area contributed by atoms with Crippen LogP contribution in [0.1, 0.15) is 13.8 Å². The zero-order valence-corrected chi connectivity index (χ0v) is 10.6. The van der Waals surface area contributed by atoms with Crippen LogP contribution >= 0.6 is 15.9 Å². The molecular weight excluding hydrogens is 244 g/mol. The zero-order chi connectivity index (χ0) is 10.6. The maximum absolute atomic E-state index is 11.1. The molecule has 3 nitrogen and oxygen atoms in total. The van der Waals surface area contributed by atoms with Crippen molar-refractivity contribution in [1.82, 2.24) is 9.80 Å². The Morgan fingerprint density at radius 1 is 1.36 bits per heavy atom. The molecule has 82 valence electrons. The molecule has 0 spiro atoms. The van der Waals surface area contributed by atoms with Gasteiger partial charge in [0.15, 0.2) is 0 Å². The summed E-state index contributed by atoms with van der Waals surface area (Å²) in [4.78, 5) is 15.4. The number of halogens is 1. The Balaban J connectivity index is 2.25. The third kappa shape index (κ3) is 3.58. The van der Waals surface area contributed by atoms with Crippen molar-refractivity contribution >= 4 is 21.8 Å². The molecule has 14 heavy (non-hydrogen) atoms. The molecule has 1 atom stereocenters. The lowest BCUT2D eigenvalue weighted by atomic mass is 10.2. The number of alkyl halides is 1. The number of rotatable bonds is 3. The topological polar surface area (TPSA) is 23.6 Å². The summed E-state index contributed by atoms with van der Waals surface area (Å²) in [5.41, 5.74) is 0. The zero-order valence-electron chi connectivity index (χ0n) is 9.00. The summed E-state index contributed by atoms with van der Waals surface area (Å²) in [7, 11) is 0. The Morgan fingerprint density at radius 3 is 2.36 bits per heavy atom. The van der Waals surface area contributed by atoms with Crippen molar-refractivity contribution in [3.8, 4) is 0 Å². The third-order valence-corrected chi connectivity index (χ3v) is 3.76. The van der Waals surface area contributed by atoms with Gasteiger partial charge in [0, 0.05) is 45.0 Å². The molecule has 0 aliphatic carbocycles. The van der Waals surface area contributed by atoms with Crippen molar-refractivity contribution in [2.24, 2.45) is 5.92 Å². The molecule has 0 radical (unpaired) electrons. The van der Waals surface area contributed by atoms with E-state index in [1.807, 2.05) is 4.90 Å². The fraction of sp³-hybridized carbons (Fsp3) is 0.900. The van der Waals surface area contributed by atoms with Crippen molar-refractivity contribution in [3.05, 3.63) is 0 Å². The number of hydrogen-bond acceptors (Lipinski definition) is 2. The van der Waals surface area contributed by atoms with Crippen LogP contribution in [-0.4, -0.2) is 53.8 Å². The number of piperazine rings is 1. The van der Waals surface area contributed by atoms with Gasteiger partial charge in [-0.3, -0.25) is 9.69 Å². The predicted octanol–water partition coefficient (Wildman–Crippen LogP) is 1.18. The average molecular weight is 263 g/mol. The highest BCUT2D eigenvalue weighted by Gasteiger charge is 2.19. The average Bonchev–Trinajstić information content (AvgIpc) is 2.18. The summed E-state index contributed by atoms with van der Waals surface area (Å²) in [5.74, 6) is 0.900. The first-order chi connectivity index (χ1) is 6.63. The first kappa shape index (κ1) is 12.0. The molecular formula is C10H19BrN2O. The van der Waals surface area contributed by atoms with Crippen LogP contribution in [-0.2, 0) is 4.79 Å². The SMILES string of the molecule is CC(=O)N1CCN(CC(C)CBr)CC1. The van der Waals surface area contributed by atoms with Gasteiger partial charge in [-0.05, 0) is 5.92 Å². The monoisotopic (exact) mass is 262 g/mol. The second-order valence-electron chi connectivity index (χ2n) is 4.07. The van der Waals surface area contributed by atoms with Crippen molar-refractivity contribution in [2.45, 2.75) is 13.8 Å². The molecule has 0 aromatic heterocycles. The van der Waals surface area contributed by atoms with Gasteiger partial charge in [-0.2, -0.15) is 0 Å². The molecule has 1 aliphatic rings. The molecule has 4 heteroatoms. The summed E-state index contributed by atoms with van der Waals surface area (Å²) in [6.07, 6.45) is 0. The standard InChI is InChI=1S/C10H19BrN2O/c1-9(7-11)8-12-3-5-13(6-4-12)10(2)14/h9H,3-8H2,1-2H3. The molecule has 1 rings (SSSR count). The minimum atomic E-state index is 0.207. The van der Waals surface area contributed by atoms with Gasteiger partial charge in [0.2, 0.25) is 5.91 Å². The Bertz CT molecular complexity index is 191. The van der Waals surface area contributed by atoms with E-state index in [9.17, 15) is 4.79 Å². The Kier molecular flexibility index (Phi) is 4.89. The molecule has 1 fully saturated rings. The molecule has 0 aromatic rings. The van der Waals surface area contributed by atoms with Crippen LogP contribution in [0.5, 0.6) is 0 Å². The molecule has 0 bridgehead atoms. The van der Waals surface area contributed by atoms with E-state index in [0.29, 0.717) is 5.92 Å². The van der Waals surface area contributed by atoms with E-state index in [4.69, 9.17) is 0 Å². The lowest BCUT2D eigenvalue weighted by Crippen LogP contribution is -2.49. The van der Waals surface area contributed by atoms with E-state index in [-0.39, 0.29) is 5.91 Å². The number of nitrogens with zero attached hydrogens (tertiary/aromatic N) is 2. The maximum Gasteiger partial charge on any atom is 0.219 e. The lowest BCUT2D eigenvalue weighted by Gasteiger charge is -2.35. The molecule has 0 saturated carbocycles. The second-order valence-corrected chi connectivity index (χ2v) is 4.71. The highest BCUT2D eigenvalue weighted by atomic mass is 79.9. The van der Waals surface area contributed by atoms with Crippen LogP contribution in [0.15, 0.2) is 0 Å². The molecule has 0 N–H and O–H groups in total. The number of carbonyl (C=O) groups excluding carboxylic acids is 1. The van der Waals surface area contributed by atoms with Crippen LogP contribution in [0.2, 0.25) is 0 Å².